The van der Waals surface area contributed by atoms with Crippen LogP contribution in [0.4, 0.5) is 5.69 Å². The highest BCUT2D eigenvalue weighted by Gasteiger charge is 2.12. The van der Waals surface area contributed by atoms with Gasteiger partial charge in [-0.3, -0.25) is 9.59 Å². The summed E-state index contributed by atoms with van der Waals surface area (Å²) in [6.45, 7) is 2.17. The number of aromatic nitrogens is 3. The molecular formula is C24H27N5O4S. The van der Waals surface area contributed by atoms with Gasteiger partial charge < -0.3 is 24.7 Å². The van der Waals surface area contributed by atoms with Crippen LogP contribution in [0.15, 0.2) is 53.7 Å². The van der Waals surface area contributed by atoms with E-state index < -0.39 is 0 Å². The lowest BCUT2D eigenvalue weighted by Gasteiger charge is -2.07. The number of aryl methyl sites for hydroxylation is 1. The van der Waals surface area contributed by atoms with Crippen LogP contribution in [-0.4, -0.2) is 46.6 Å². The van der Waals surface area contributed by atoms with E-state index in [9.17, 15) is 9.59 Å². The molecule has 0 aliphatic carbocycles. The standard InChI is InChI=1S/C24H27N5O4S/c1-16-6-5-7-18(12-16)26-23(31)15-34-24-28-27-21(29(24)2)14-25-22(30)11-9-17-8-10-19(32-3)20(13-17)33-4/h5-13H,14-15H2,1-4H3,(H,25,30)(H,26,31)/b11-9+. The Kier molecular flexibility index (Phi) is 8.69. The van der Waals surface area contributed by atoms with E-state index in [-0.39, 0.29) is 24.1 Å². The average Bonchev–Trinajstić information content (AvgIpc) is 3.19. The second kappa shape index (κ2) is 11.9. The van der Waals surface area contributed by atoms with Gasteiger partial charge in [-0.15, -0.1) is 10.2 Å². The SMILES string of the molecule is COc1ccc(/C=C/C(=O)NCc2nnc(SCC(=O)Nc3cccc(C)c3)n2C)cc1OC. The number of carbonyl (C=O) groups excluding carboxylic acids is 2. The summed E-state index contributed by atoms with van der Waals surface area (Å²) in [7, 11) is 4.92. The zero-order valence-corrected chi connectivity index (χ0v) is 20.3. The molecular weight excluding hydrogens is 454 g/mol. The van der Waals surface area contributed by atoms with Gasteiger partial charge in [0.1, 0.15) is 0 Å². The second-order valence-electron chi connectivity index (χ2n) is 7.33. The highest BCUT2D eigenvalue weighted by atomic mass is 32.2. The molecule has 0 saturated carbocycles. The molecule has 0 fully saturated rings. The van der Waals surface area contributed by atoms with Gasteiger partial charge in [0.15, 0.2) is 22.5 Å². The van der Waals surface area contributed by atoms with E-state index in [1.165, 1.54) is 17.8 Å². The molecule has 2 aromatic carbocycles. The third kappa shape index (κ3) is 6.85. The van der Waals surface area contributed by atoms with Gasteiger partial charge >= 0.3 is 0 Å². The number of thioether (sulfide) groups is 1. The molecule has 34 heavy (non-hydrogen) atoms. The van der Waals surface area contributed by atoms with Crippen LogP contribution in [0.1, 0.15) is 17.0 Å². The van der Waals surface area contributed by atoms with Crippen molar-refractivity contribution in [2.45, 2.75) is 18.6 Å². The Hall–Kier alpha value is -3.79. The molecule has 9 nitrogen and oxygen atoms in total. The fourth-order valence-electron chi connectivity index (χ4n) is 3.03. The number of rotatable bonds is 10. The molecule has 0 aliphatic rings. The Labute approximate surface area is 202 Å². The lowest BCUT2D eigenvalue weighted by molar-refractivity contribution is -0.116. The normalized spacial score (nSPS) is 10.8. The van der Waals surface area contributed by atoms with Crippen LogP contribution >= 0.6 is 11.8 Å². The van der Waals surface area contributed by atoms with E-state index in [1.54, 1.807) is 44.0 Å². The lowest BCUT2D eigenvalue weighted by Crippen LogP contribution is -2.22. The summed E-state index contributed by atoms with van der Waals surface area (Å²) in [5.74, 6) is 1.57. The van der Waals surface area contributed by atoms with Gasteiger partial charge in [-0.05, 0) is 48.4 Å². The Morgan fingerprint density at radius 2 is 1.88 bits per heavy atom. The monoisotopic (exact) mass is 481 g/mol. The minimum absolute atomic E-state index is 0.131. The van der Waals surface area contributed by atoms with Gasteiger partial charge in [0, 0.05) is 18.8 Å². The molecule has 0 bridgehead atoms. The largest absolute Gasteiger partial charge is 0.493 e. The second-order valence-corrected chi connectivity index (χ2v) is 8.27. The summed E-state index contributed by atoms with van der Waals surface area (Å²) in [5.41, 5.74) is 2.63. The molecule has 0 radical (unpaired) electrons. The van der Waals surface area contributed by atoms with E-state index in [1.807, 2.05) is 37.3 Å². The van der Waals surface area contributed by atoms with Crippen molar-refractivity contribution in [3.8, 4) is 11.5 Å². The number of nitrogens with zero attached hydrogens (tertiary/aromatic N) is 3. The van der Waals surface area contributed by atoms with E-state index in [2.05, 4.69) is 20.8 Å². The number of hydrogen-bond acceptors (Lipinski definition) is 7. The van der Waals surface area contributed by atoms with E-state index in [0.717, 1.165) is 16.8 Å². The van der Waals surface area contributed by atoms with E-state index in [0.29, 0.717) is 22.5 Å². The molecule has 2 amide bonds. The Balaban J connectivity index is 1.49. The number of ether oxygens (including phenoxy) is 2. The number of methoxy groups -OCH3 is 2. The predicted octanol–water partition coefficient (Wildman–Crippen LogP) is 3.20. The predicted molar refractivity (Wildman–Crippen MR) is 132 cm³/mol. The number of anilines is 1. The summed E-state index contributed by atoms with van der Waals surface area (Å²) >= 11 is 1.28. The molecule has 2 N–H and O–H groups in total. The van der Waals surface area contributed by atoms with Crippen LogP contribution in [0.2, 0.25) is 0 Å². The summed E-state index contributed by atoms with van der Waals surface area (Å²) in [6.07, 6.45) is 3.12. The zero-order valence-electron chi connectivity index (χ0n) is 19.5. The van der Waals surface area contributed by atoms with Gasteiger partial charge in [0.2, 0.25) is 11.8 Å². The van der Waals surface area contributed by atoms with Crippen molar-refractivity contribution in [3.63, 3.8) is 0 Å². The third-order valence-corrected chi connectivity index (χ3v) is 5.83. The summed E-state index contributed by atoms with van der Waals surface area (Å²) in [6, 6.07) is 13.0. The highest BCUT2D eigenvalue weighted by Crippen LogP contribution is 2.28. The van der Waals surface area contributed by atoms with Crippen molar-refractivity contribution >= 4 is 35.3 Å². The molecule has 1 aromatic heterocycles. The van der Waals surface area contributed by atoms with Crippen LogP contribution in [0.3, 0.4) is 0 Å². The lowest BCUT2D eigenvalue weighted by atomic mass is 10.2. The molecule has 0 aliphatic heterocycles. The van der Waals surface area contributed by atoms with Gasteiger partial charge in [0.05, 0.1) is 26.5 Å². The van der Waals surface area contributed by atoms with Crippen molar-refractivity contribution in [2.24, 2.45) is 7.05 Å². The first-order chi connectivity index (χ1) is 16.4. The maximum absolute atomic E-state index is 12.2. The zero-order chi connectivity index (χ0) is 24.5. The first kappa shape index (κ1) is 24.8. The number of carbonyl (C=O) groups is 2. The first-order valence-electron chi connectivity index (χ1n) is 10.4. The van der Waals surface area contributed by atoms with Crippen LogP contribution in [-0.2, 0) is 23.2 Å². The van der Waals surface area contributed by atoms with Crippen LogP contribution < -0.4 is 20.1 Å². The van der Waals surface area contributed by atoms with Crippen molar-refractivity contribution in [1.82, 2.24) is 20.1 Å². The van der Waals surface area contributed by atoms with Gasteiger partial charge in [0.25, 0.3) is 0 Å². The molecule has 0 spiro atoms. The van der Waals surface area contributed by atoms with Crippen molar-refractivity contribution < 1.29 is 19.1 Å². The van der Waals surface area contributed by atoms with E-state index in [4.69, 9.17) is 9.47 Å². The molecule has 10 heteroatoms. The maximum atomic E-state index is 12.2. The minimum atomic E-state index is -0.274. The van der Waals surface area contributed by atoms with Crippen molar-refractivity contribution in [3.05, 3.63) is 65.5 Å². The van der Waals surface area contributed by atoms with Crippen LogP contribution in [0, 0.1) is 6.92 Å². The Bertz CT molecular complexity index is 1190. The summed E-state index contributed by atoms with van der Waals surface area (Å²) < 4.78 is 12.2. The van der Waals surface area contributed by atoms with Gasteiger partial charge in [-0.1, -0.05) is 30.0 Å². The number of amides is 2. The summed E-state index contributed by atoms with van der Waals surface area (Å²) in [5, 5.41) is 14.5. The number of nitrogens with one attached hydrogen (secondary N) is 2. The fourth-order valence-corrected chi connectivity index (χ4v) is 3.76. The average molecular weight is 482 g/mol. The molecule has 1 heterocycles. The molecule has 3 rings (SSSR count). The molecule has 178 valence electrons. The first-order valence-corrected chi connectivity index (χ1v) is 11.4. The molecule has 0 atom stereocenters. The highest BCUT2D eigenvalue weighted by molar-refractivity contribution is 7.99. The van der Waals surface area contributed by atoms with Crippen molar-refractivity contribution in [2.75, 3.05) is 25.3 Å². The molecule has 3 aromatic rings. The van der Waals surface area contributed by atoms with Crippen LogP contribution in [0.5, 0.6) is 11.5 Å². The number of hydrogen-bond donors (Lipinski definition) is 2. The fraction of sp³-hybridized carbons (Fsp3) is 0.250. The quantitative estimate of drug-likeness (QED) is 0.338. The molecule has 0 saturated heterocycles. The smallest absolute Gasteiger partial charge is 0.244 e. The van der Waals surface area contributed by atoms with Gasteiger partial charge in [-0.25, -0.2) is 0 Å². The van der Waals surface area contributed by atoms with Gasteiger partial charge in [-0.2, -0.15) is 0 Å². The maximum Gasteiger partial charge on any atom is 0.244 e. The Morgan fingerprint density at radius 3 is 2.62 bits per heavy atom. The Morgan fingerprint density at radius 1 is 1.09 bits per heavy atom. The minimum Gasteiger partial charge on any atom is -0.493 e. The third-order valence-electron chi connectivity index (χ3n) is 4.81. The topological polar surface area (TPSA) is 107 Å². The van der Waals surface area contributed by atoms with Crippen molar-refractivity contribution in [1.29, 1.82) is 0 Å². The molecule has 0 unspecified atom stereocenters. The van der Waals surface area contributed by atoms with Crippen LogP contribution in [0.25, 0.3) is 6.08 Å². The number of benzene rings is 2. The van der Waals surface area contributed by atoms with E-state index >= 15 is 0 Å². The summed E-state index contributed by atoms with van der Waals surface area (Å²) in [4.78, 5) is 24.5.